The highest BCUT2D eigenvalue weighted by Gasteiger charge is 2.35. The van der Waals surface area contributed by atoms with Crippen molar-refractivity contribution in [3.63, 3.8) is 0 Å². The first kappa shape index (κ1) is 24.1. The van der Waals surface area contributed by atoms with Crippen LogP contribution in [0.3, 0.4) is 0 Å². The van der Waals surface area contributed by atoms with E-state index in [9.17, 15) is 9.18 Å². The molecule has 7 nitrogen and oxygen atoms in total. The lowest BCUT2D eigenvalue weighted by Crippen LogP contribution is -2.41. The van der Waals surface area contributed by atoms with E-state index in [0.717, 1.165) is 54.2 Å². The topological polar surface area (TPSA) is 62.6 Å². The number of carbonyl (C=O) groups excluding carboxylic acids is 1. The molecule has 1 aromatic heterocycles. The molecule has 0 radical (unpaired) electrons. The standard InChI is InChI=1S/C28H32FN5O2/c1-3-15-30-28(35)33(21-12-13-21)19-24-22-18-32(17-20-8-4-5-9-23(20)29)16-14-25(22)34(31-24)26-10-6-7-11-27(26)36-2/h3-11,21H,1,12-19H2,2H3,(H,30,35). The lowest BCUT2D eigenvalue weighted by atomic mass is 10.0. The summed E-state index contributed by atoms with van der Waals surface area (Å²) < 4.78 is 22.0. The third-order valence-corrected chi connectivity index (χ3v) is 6.85. The molecule has 1 aliphatic carbocycles. The first-order valence-electron chi connectivity index (χ1n) is 12.4. The van der Waals surface area contributed by atoms with Crippen molar-refractivity contribution in [2.45, 2.75) is 44.9 Å². The van der Waals surface area contributed by atoms with Crippen molar-refractivity contribution in [2.75, 3.05) is 20.2 Å². The van der Waals surface area contributed by atoms with Crippen molar-refractivity contribution >= 4 is 6.03 Å². The van der Waals surface area contributed by atoms with Gasteiger partial charge in [-0.25, -0.2) is 13.9 Å². The van der Waals surface area contributed by atoms with Crippen molar-refractivity contribution in [1.82, 2.24) is 24.9 Å². The van der Waals surface area contributed by atoms with Gasteiger partial charge < -0.3 is 15.0 Å². The van der Waals surface area contributed by atoms with E-state index in [2.05, 4.69) is 16.8 Å². The van der Waals surface area contributed by atoms with Gasteiger partial charge in [-0.2, -0.15) is 5.10 Å². The van der Waals surface area contributed by atoms with Gasteiger partial charge in [0.25, 0.3) is 0 Å². The Balaban J connectivity index is 1.49. The molecule has 0 bridgehead atoms. The molecular weight excluding hydrogens is 457 g/mol. The van der Waals surface area contributed by atoms with Crippen LogP contribution in [-0.2, 0) is 26.1 Å². The van der Waals surface area contributed by atoms with Crippen molar-refractivity contribution in [1.29, 1.82) is 0 Å². The number of aromatic nitrogens is 2. The summed E-state index contributed by atoms with van der Waals surface area (Å²) >= 11 is 0. The Morgan fingerprint density at radius 2 is 2.03 bits per heavy atom. The Morgan fingerprint density at radius 1 is 1.25 bits per heavy atom. The number of nitrogens with one attached hydrogen (secondary N) is 1. The van der Waals surface area contributed by atoms with Crippen LogP contribution in [0.2, 0.25) is 0 Å². The largest absolute Gasteiger partial charge is 0.494 e. The van der Waals surface area contributed by atoms with Crippen molar-refractivity contribution < 1.29 is 13.9 Å². The number of hydrogen-bond acceptors (Lipinski definition) is 4. The molecule has 2 amide bonds. The second-order valence-electron chi connectivity index (χ2n) is 9.34. The van der Waals surface area contributed by atoms with Crippen LogP contribution in [0.25, 0.3) is 5.69 Å². The molecule has 0 atom stereocenters. The summed E-state index contributed by atoms with van der Waals surface area (Å²) in [6, 6.07) is 14.9. The van der Waals surface area contributed by atoms with E-state index >= 15 is 0 Å². The smallest absolute Gasteiger partial charge is 0.318 e. The number of halogens is 1. The van der Waals surface area contributed by atoms with E-state index in [0.29, 0.717) is 31.7 Å². The zero-order valence-corrected chi connectivity index (χ0v) is 20.6. The summed E-state index contributed by atoms with van der Waals surface area (Å²) in [6.07, 6.45) is 4.44. The number of urea groups is 1. The van der Waals surface area contributed by atoms with Gasteiger partial charge in [0.2, 0.25) is 0 Å². The van der Waals surface area contributed by atoms with E-state index in [4.69, 9.17) is 9.84 Å². The van der Waals surface area contributed by atoms with Crippen molar-refractivity contribution in [3.8, 4) is 11.4 Å². The molecule has 3 aromatic rings. The molecule has 5 rings (SSSR count). The first-order valence-corrected chi connectivity index (χ1v) is 12.4. The first-order chi connectivity index (χ1) is 17.6. The minimum atomic E-state index is -0.188. The maximum Gasteiger partial charge on any atom is 0.318 e. The molecule has 1 fully saturated rings. The Morgan fingerprint density at radius 3 is 2.78 bits per heavy atom. The number of benzene rings is 2. The number of para-hydroxylation sites is 2. The Kier molecular flexibility index (Phi) is 7.04. The molecule has 1 saturated carbocycles. The number of nitrogens with zero attached hydrogens (tertiary/aromatic N) is 4. The molecule has 2 heterocycles. The predicted molar refractivity (Wildman–Crippen MR) is 136 cm³/mol. The fourth-order valence-corrected chi connectivity index (χ4v) is 4.85. The number of carbonyl (C=O) groups is 1. The predicted octanol–water partition coefficient (Wildman–Crippen LogP) is 4.44. The number of methoxy groups -OCH3 is 1. The number of ether oxygens (including phenoxy) is 1. The van der Waals surface area contributed by atoms with Gasteiger partial charge in [0.1, 0.15) is 17.3 Å². The Bertz CT molecular complexity index is 1250. The van der Waals surface area contributed by atoms with Gasteiger partial charge >= 0.3 is 6.03 Å². The minimum absolute atomic E-state index is 0.1000. The Hall–Kier alpha value is -3.65. The molecule has 0 spiro atoms. The molecule has 2 aromatic carbocycles. The third-order valence-electron chi connectivity index (χ3n) is 6.85. The van der Waals surface area contributed by atoms with Crippen molar-refractivity contribution in [3.05, 3.63) is 89.5 Å². The van der Waals surface area contributed by atoms with E-state index in [1.54, 1.807) is 19.3 Å². The molecule has 36 heavy (non-hydrogen) atoms. The van der Waals surface area contributed by atoms with Gasteiger partial charge in [0.05, 0.1) is 25.0 Å². The summed E-state index contributed by atoms with van der Waals surface area (Å²) in [5, 5.41) is 7.96. The number of fused-ring (bicyclic) bond motifs is 1. The minimum Gasteiger partial charge on any atom is -0.494 e. The van der Waals surface area contributed by atoms with Crippen LogP contribution in [0.4, 0.5) is 9.18 Å². The van der Waals surface area contributed by atoms with Crippen LogP contribution >= 0.6 is 0 Å². The monoisotopic (exact) mass is 489 g/mol. The number of rotatable bonds is 9. The molecule has 0 saturated heterocycles. The highest BCUT2D eigenvalue weighted by molar-refractivity contribution is 5.75. The number of hydrogen-bond donors (Lipinski definition) is 1. The van der Waals surface area contributed by atoms with Crippen LogP contribution in [-0.4, -0.2) is 51.9 Å². The van der Waals surface area contributed by atoms with Gasteiger partial charge in [0, 0.05) is 49.8 Å². The number of amides is 2. The second kappa shape index (κ2) is 10.5. The summed E-state index contributed by atoms with van der Waals surface area (Å²) in [5.74, 6) is 0.554. The summed E-state index contributed by atoms with van der Waals surface area (Å²) in [7, 11) is 1.66. The van der Waals surface area contributed by atoms with Gasteiger partial charge in [-0.05, 0) is 31.0 Å². The van der Waals surface area contributed by atoms with Gasteiger partial charge in [-0.1, -0.05) is 36.4 Å². The second-order valence-corrected chi connectivity index (χ2v) is 9.34. The van der Waals surface area contributed by atoms with E-state index < -0.39 is 0 Å². The summed E-state index contributed by atoms with van der Waals surface area (Å²) in [4.78, 5) is 17.1. The fourth-order valence-electron chi connectivity index (χ4n) is 4.85. The van der Waals surface area contributed by atoms with Gasteiger partial charge in [-0.15, -0.1) is 6.58 Å². The average molecular weight is 490 g/mol. The maximum absolute atomic E-state index is 14.4. The normalized spacial score (nSPS) is 15.3. The SMILES string of the molecule is C=CCNC(=O)N(Cc1nn(-c2ccccc2OC)c2c1CN(Cc1ccccc1F)CC2)C1CC1. The summed E-state index contributed by atoms with van der Waals surface area (Å²) in [5.41, 5.74) is 4.64. The van der Waals surface area contributed by atoms with Crippen LogP contribution in [0.15, 0.2) is 61.2 Å². The molecule has 1 N–H and O–H groups in total. The van der Waals surface area contributed by atoms with Crippen LogP contribution < -0.4 is 10.1 Å². The zero-order chi connectivity index (χ0) is 25.1. The van der Waals surface area contributed by atoms with E-state index in [1.807, 2.05) is 46.0 Å². The van der Waals surface area contributed by atoms with Gasteiger partial charge in [-0.3, -0.25) is 4.90 Å². The average Bonchev–Trinajstić information content (AvgIpc) is 3.68. The molecule has 0 unspecified atom stereocenters. The highest BCUT2D eigenvalue weighted by atomic mass is 19.1. The van der Waals surface area contributed by atoms with Gasteiger partial charge in [0.15, 0.2) is 0 Å². The van der Waals surface area contributed by atoms with Crippen LogP contribution in [0.5, 0.6) is 5.75 Å². The molecule has 1 aliphatic heterocycles. The van der Waals surface area contributed by atoms with Crippen LogP contribution in [0.1, 0.15) is 35.4 Å². The molecule has 2 aliphatic rings. The fraction of sp³-hybridized carbons (Fsp3) is 0.357. The van der Waals surface area contributed by atoms with E-state index in [-0.39, 0.29) is 17.9 Å². The molecule has 188 valence electrons. The summed E-state index contributed by atoms with van der Waals surface area (Å²) in [6.45, 7) is 6.50. The lowest BCUT2D eigenvalue weighted by molar-refractivity contribution is 0.191. The quantitative estimate of drug-likeness (QED) is 0.452. The highest BCUT2D eigenvalue weighted by Crippen LogP contribution is 2.33. The maximum atomic E-state index is 14.4. The zero-order valence-electron chi connectivity index (χ0n) is 20.6. The lowest BCUT2D eigenvalue weighted by Gasteiger charge is -2.29. The van der Waals surface area contributed by atoms with Crippen LogP contribution in [0, 0.1) is 5.82 Å². The molecular formula is C28H32FN5O2. The Labute approximate surface area is 211 Å². The molecule has 8 heteroatoms. The van der Waals surface area contributed by atoms with E-state index in [1.165, 1.54) is 6.07 Å². The third kappa shape index (κ3) is 4.99. The van der Waals surface area contributed by atoms with Crippen molar-refractivity contribution in [2.24, 2.45) is 0 Å².